The Morgan fingerprint density at radius 2 is 2.25 bits per heavy atom. The number of rotatable bonds is 1. The standard InChI is InChI=1S/C9H7NO2/c1-2-6-4-3-5-7(8(6)10)9(11)12/h1,3-5H,10H2,(H,11,12). The lowest BCUT2D eigenvalue weighted by molar-refractivity contribution is 0.0698. The Labute approximate surface area is 69.8 Å². The summed E-state index contributed by atoms with van der Waals surface area (Å²) in [5.41, 5.74) is 6.08. The average Bonchev–Trinajstić information content (AvgIpc) is 2.04. The lowest BCUT2D eigenvalue weighted by Gasteiger charge is -2.01. The smallest absolute Gasteiger partial charge is 0.337 e. The van der Waals surface area contributed by atoms with Crippen LogP contribution >= 0.6 is 0 Å². The molecular weight excluding hydrogens is 154 g/mol. The lowest BCUT2D eigenvalue weighted by Crippen LogP contribution is -2.03. The van der Waals surface area contributed by atoms with Gasteiger partial charge in [-0.05, 0) is 12.1 Å². The summed E-state index contributed by atoms with van der Waals surface area (Å²) in [6.07, 6.45) is 5.10. The molecule has 0 aromatic heterocycles. The molecule has 0 unspecified atom stereocenters. The summed E-state index contributed by atoms with van der Waals surface area (Å²) < 4.78 is 0. The molecule has 1 aromatic carbocycles. The van der Waals surface area contributed by atoms with E-state index in [9.17, 15) is 4.79 Å². The predicted molar refractivity (Wildman–Crippen MR) is 45.7 cm³/mol. The third-order valence-corrected chi connectivity index (χ3v) is 1.49. The molecule has 0 aliphatic heterocycles. The van der Waals surface area contributed by atoms with Crippen LogP contribution in [0.1, 0.15) is 15.9 Å². The van der Waals surface area contributed by atoms with E-state index in [1.54, 1.807) is 12.1 Å². The van der Waals surface area contributed by atoms with Crippen LogP contribution in [0.25, 0.3) is 0 Å². The number of carboxylic acid groups (broad SMARTS) is 1. The Morgan fingerprint density at radius 1 is 1.58 bits per heavy atom. The van der Waals surface area contributed by atoms with Crippen LogP contribution in [-0.2, 0) is 0 Å². The van der Waals surface area contributed by atoms with Crippen LogP contribution in [0.4, 0.5) is 5.69 Å². The van der Waals surface area contributed by atoms with Gasteiger partial charge in [0.25, 0.3) is 0 Å². The number of aromatic carboxylic acids is 1. The number of nitrogens with two attached hydrogens (primary N) is 1. The van der Waals surface area contributed by atoms with Crippen molar-refractivity contribution in [2.45, 2.75) is 0 Å². The van der Waals surface area contributed by atoms with Crippen molar-refractivity contribution in [1.29, 1.82) is 0 Å². The van der Waals surface area contributed by atoms with E-state index >= 15 is 0 Å². The zero-order valence-electron chi connectivity index (χ0n) is 6.24. The van der Waals surface area contributed by atoms with E-state index in [0.717, 1.165) is 0 Å². The number of para-hydroxylation sites is 1. The Hall–Kier alpha value is -1.95. The molecule has 0 heterocycles. The molecule has 0 aliphatic carbocycles. The van der Waals surface area contributed by atoms with Gasteiger partial charge in [0, 0.05) is 5.56 Å². The summed E-state index contributed by atoms with van der Waals surface area (Å²) in [7, 11) is 0. The second-order valence-corrected chi connectivity index (χ2v) is 2.22. The van der Waals surface area contributed by atoms with E-state index in [4.69, 9.17) is 17.3 Å². The van der Waals surface area contributed by atoms with E-state index in [-0.39, 0.29) is 11.3 Å². The molecule has 0 saturated carbocycles. The van der Waals surface area contributed by atoms with Gasteiger partial charge < -0.3 is 10.8 Å². The molecule has 0 bridgehead atoms. The van der Waals surface area contributed by atoms with Gasteiger partial charge in [-0.2, -0.15) is 0 Å². The molecule has 0 aliphatic rings. The Bertz CT molecular complexity index is 363. The van der Waals surface area contributed by atoms with Gasteiger partial charge in [0.05, 0.1) is 11.3 Å². The first-order chi connectivity index (χ1) is 5.66. The van der Waals surface area contributed by atoms with Crippen LogP contribution in [0, 0.1) is 12.3 Å². The summed E-state index contributed by atoms with van der Waals surface area (Å²) >= 11 is 0. The fourth-order valence-corrected chi connectivity index (χ4v) is 0.878. The van der Waals surface area contributed by atoms with Crippen molar-refractivity contribution in [1.82, 2.24) is 0 Å². The van der Waals surface area contributed by atoms with E-state index in [1.807, 2.05) is 0 Å². The molecular formula is C9H7NO2. The molecule has 0 spiro atoms. The minimum Gasteiger partial charge on any atom is -0.478 e. The predicted octanol–water partition coefficient (Wildman–Crippen LogP) is 0.948. The van der Waals surface area contributed by atoms with Crippen molar-refractivity contribution in [3.63, 3.8) is 0 Å². The summed E-state index contributed by atoms with van der Waals surface area (Å²) in [5.74, 6) is 1.24. The number of nitrogen functional groups attached to an aromatic ring is 1. The summed E-state index contributed by atoms with van der Waals surface area (Å²) in [4.78, 5) is 10.5. The molecule has 0 radical (unpaired) electrons. The zero-order chi connectivity index (χ0) is 9.14. The molecule has 3 N–H and O–H groups in total. The quantitative estimate of drug-likeness (QED) is 0.476. The fraction of sp³-hybridized carbons (Fsp3) is 0. The number of anilines is 1. The minimum absolute atomic E-state index is 0.0467. The Kier molecular flexibility index (Phi) is 2.02. The van der Waals surface area contributed by atoms with Crippen LogP contribution in [-0.4, -0.2) is 11.1 Å². The molecule has 0 saturated heterocycles. The van der Waals surface area contributed by atoms with Crippen molar-refractivity contribution < 1.29 is 9.90 Å². The summed E-state index contributed by atoms with van der Waals surface area (Å²) in [5, 5.41) is 8.64. The highest BCUT2D eigenvalue weighted by Gasteiger charge is 2.08. The zero-order valence-corrected chi connectivity index (χ0v) is 6.24. The Morgan fingerprint density at radius 3 is 2.75 bits per heavy atom. The van der Waals surface area contributed by atoms with Crippen LogP contribution in [0.15, 0.2) is 18.2 Å². The Balaban J connectivity index is 3.35. The molecule has 1 aromatic rings. The van der Waals surface area contributed by atoms with Gasteiger partial charge in [-0.1, -0.05) is 12.0 Å². The monoisotopic (exact) mass is 161 g/mol. The molecule has 0 amide bonds. The number of hydrogen-bond donors (Lipinski definition) is 2. The van der Waals surface area contributed by atoms with E-state index < -0.39 is 5.97 Å². The van der Waals surface area contributed by atoms with Crippen molar-refractivity contribution in [3.05, 3.63) is 29.3 Å². The first kappa shape index (κ1) is 8.15. The molecule has 3 nitrogen and oxygen atoms in total. The summed E-state index contributed by atoms with van der Waals surface area (Å²) in [6, 6.07) is 4.58. The van der Waals surface area contributed by atoms with Crippen LogP contribution in [0.3, 0.4) is 0 Å². The van der Waals surface area contributed by atoms with Gasteiger partial charge in [-0.3, -0.25) is 0 Å². The van der Waals surface area contributed by atoms with Crippen molar-refractivity contribution >= 4 is 11.7 Å². The number of hydrogen-bond acceptors (Lipinski definition) is 2. The molecule has 3 heteroatoms. The van der Waals surface area contributed by atoms with E-state index in [1.165, 1.54) is 6.07 Å². The van der Waals surface area contributed by atoms with Crippen molar-refractivity contribution in [2.75, 3.05) is 5.73 Å². The maximum Gasteiger partial charge on any atom is 0.337 e. The van der Waals surface area contributed by atoms with Gasteiger partial charge in [0.15, 0.2) is 0 Å². The first-order valence-electron chi connectivity index (χ1n) is 3.25. The highest BCUT2D eigenvalue weighted by Crippen LogP contribution is 2.15. The SMILES string of the molecule is C#Cc1cccc(C(=O)O)c1N. The number of carbonyl (C=O) groups is 1. The van der Waals surface area contributed by atoms with Gasteiger partial charge in [-0.25, -0.2) is 4.79 Å². The number of terminal acetylenes is 1. The van der Waals surface area contributed by atoms with Gasteiger partial charge in [0.1, 0.15) is 0 Å². The van der Waals surface area contributed by atoms with Gasteiger partial charge in [-0.15, -0.1) is 6.42 Å². The molecule has 1 rings (SSSR count). The first-order valence-corrected chi connectivity index (χ1v) is 3.25. The molecule has 0 atom stereocenters. The van der Waals surface area contributed by atoms with Crippen LogP contribution in [0.2, 0.25) is 0 Å². The maximum absolute atomic E-state index is 10.5. The largest absolute Gasteiger partial charge is 0.478 e. The average molecular weight is 161 g/mol. The van der Waals surface area contributed by atoms with Gasteiger partial charge >= 0.3 is 5.97 Å². The summed E-state index contributed by atoms with van der Waals surface area (Å²) in [6.45, 7) is 0. The second-order valence-electron chi connectivity index (χ2n) is 2.22. The third-order valence-electron chi connectivity index (χ3n) is 1.49. The van der Waals surface area contributed by atoms with E-state index in [0.29, 0.717) is 5.56 Å². The van der Waals surface area contributed by atoms with Gasteiger partial charge in [0.2, 0.25) is 0 Å². The van der Waals surface area contributed by atoms with E-state index in [2.05, 4.69) is 5.92 Å². The second kappa shape index (κ2) is 2.97. The molecule has 12 heavy (non-hydrogen) atoms. The van der Waals surface area contributed by atoms with Crippen molar-refractivity contribution in [2.24, 2.45) is 0 Å². The molecule has 60 valence electrons. The molecule has 0 fully saturated rings. The topological polar surface area (TPSA) is 63.3 Å². The van der Waals surface area contributed by atoms with Crippen molar-refractivity contribution in [3.8, 4) is 12.3 Å². The number of carboxylic acids is 1. The highest BCUT2D eigenvalue weighted by atomic mass is 16.4. The normalized spacial score (nSPS) is 8.92. The van der Waals surface area contributed by atoms with Crippen LogP contribution < -0.4 is 5.73 Å². The number of benzene rings is 1. The van der Waals surface area contributed by atoms with Crippen LogP contribution in [0.5, 0.6) is 0 Å². The third kappa shape index (κ3) is 1.23. The fourth-order valence-electron chi connectivity index (χ4n) is 0.878. The minimum atomic E-state index is -1.07. The maximum atomic E-state index is 10.5. The highest BCUT2D eigenvalue weighted by molar-refractivity contribution is 5.95. The lowest BCUT2D eigenvalue weighted by atomic mass is 10.1.